The highest BCUT2D eigenvalue weighted by Gasteiger charge is 2.34. The minimum Gasteiger partial charge on any atom is -0.366 e. The van der Waals surface area contributed by atoms with Crippen molar-refractivity contribution in [2.24, 2.45) is 0 Å². The molecule has 1 N–H and O–H groups in total. The van der Waals surface area contributed by atoms with Crippen molar-refractivity contribution < 1.29 is 9.53 Å². The fourth-order valence-corrected chi connectivity index (χ4v) is 2.52. The number of hydrogen-bond donors (Lipinski definition) is 1. The molecular weight excluding hydrogens is 240 g/mol. The summed E-state index contributed by atoms with van der Waals surface area (Å²) in [5, 5.41) is 3.52. The Morgan fingerprint density at radius 3 is 2.53 bits per heavy atom. The number of piperidine rings is 1. The molecule has 1 aliphatic heterocycles. The minimum atomic E-state index is -0.242. The SMILES string of the molecule is CC(C)(C)OCC(=O)N(CC1CCCCN1)C1CC1. The predicted molar refractivity (Wildman–Crippen MR) is 76.1 cm³/mol. The van der Waals surface area contributed by atoms with Gasteiger partial charge in [0.1, 0.15) is 6.61 Å². The maximum Gasteiger partial charge on any atom is 0.248 e. The van der Waals surface area contributed by atoms with Gasteiger partial charge in [0.2, 0.25) is 5.91 Å². The molecule has 0 radical (unpaired) electrons. The average molecular weight is 268 g/mol. The van der Waals surface area contributed by atoms with Gasteiger partial charge < -0.3 is 15.0 Å². The maximum atomic E-state index is 12.3. The van der Waals surface area contributed by atoms with Crippen LogP contribution in [0.25, 0.3) is 0 Å². The lowest BCUT2D eigenvalue weighted by molar-refractivity contribution is -0.142. The summed E-state index contributed by atoms with van der Waals surface area (Å²) in [7, 11) is 0. The Kier molecular flexibility index (Phi) is 4.85. The summed E-state index contributed by atoms with van der Waals surface area (Å²) < 4.78 is 5.63. The molecule has 1 atom stereocenters. The third-order valence-corrected chi connectivity index (χ3v) is 3.77. The molecular formula is C15H28N2O2. The van der Waals surface area contributed by atoms with E-state index in [1.165, 1.54) is 19.3 Å². The molecule has 4 heteroatoms. The summed E-state index contributed by atoms with van der Waals surface area (Å²) in [6.45, 7) is 8.14. The third kappa shape index (κ3) is 5.11. The molecule has 1 heterocycles. The number of ether oxygens (including phenoxy) is 1. The molecule has 0 aromatic heterocycles. The molecule has 0 aromatic carbocycles. The van der Waals surface area contributed by atoms with Crippen LogP contribution in [0.2, 0.25) is 0 Å². The number of rotatable bonds is 5. The Morgan fingerprint density at radius 1 is 1.26 bits per heavy atom. The van der Waals surface area contributed by atoms with E-state index in [0.29, 0.717) is 12.1 Å². The van der Waals surface area contributed by atoms with Crippen LogP contribution in [-0.4, -0.2) is 48.2 Å². The van der Waals surface area contributed by atoms with Gasteiger partial charge in [-0.05, 0) is 53.0 Å². The minimum absolute atomic E-state index is 0.157. The van der Waals surface area contributed by atoms with Gasteiger partial charge in [-0.2, -0.15) is 0 Å². The molecule has 1 unspecified atom stereocenters. The summed E-state index contributed by atoms with van der Waals surface area (Å²) in [6.07, 6.45) is 6.06. The number of nitrogens with one attached hydrogen (secondary N) is 1. The standard InChI is InChI=1S/C15H28N2O2/c1-15(2,3)19-11-14(18)17(13-7-8-13)10-12-6-4-5-9-16-12/h12-13,16H,4-11H2,1-3H3. The first-order valence-electron chi connectivity index (χ1n) is 7.62. The van der Waals surface area contributed by atoms with Gasteiger partial charge >= 0.3 is 0 Å². The number of carbonyl (C=O) groups is 1. The molecule has 0 spiro atoms. The van der Waals surface area contributed by atoms with Gasteiger partial charge in [0.15, 0.2) is 0 Å². The van der Waals surface area contributed by atoms with E-state index in [1.54, 1.807) is 0 Å². The normalized spacial score (nSPS) is 24.3. The molecule has 4 nitrogen and oxygen atoms in total. The Balaban J connectivity index is 1.82. The van der Waals surface area contributed by atoms with Crippen molar-refractivity contribution in [3.8, 4) is 0 Å². The van der Waals surface area contributed by atoms with Crippen LogP contribution in [0.4, 0.5) is 0 Å². The number of hydrogen-bond acceptors (Lipinski definition) is 3. The van der Waals surface area contributed by atoms with Crippen LogP contribution < -0.4 is 5.32 Å². The lowest BCUT2D eigenvalue weighted by Gasteiger charge is -2.31. The van der Waals surface area contributed by atoms with Gasteiger partial charge in [0.25, 0.3) is 0 Å². The van der Waals surface area contributed by atoms with Gasteiger partial charge in [-0.1, -0.05) is 6.42 Å². The van der Waals surface area contributed by atoms with Crippen LogP contribution in [0, 0.1) is 0 Å². The van der Waals surface area contributed by atoms with E-state index in [1.807, 2.05) is 20.8 Å². The Morgan fingerprint density at radius 2 is 2.00 bits per heavy atom. The first-order chi connectivity index (χ1) is 8.96. The van der Waals surface area contributed by atoms with Crippen molar-refractivity contribution in [2.45, 2.75) is 70.6 Å². The molecule has 2 aliphatic rings. The molecule has 1 saturated carbocycles. The van der Waals surface area contributed by atoms with Gasteiger partial charge in [0.05, 0.1) is 5.60 Å². The lowest BCUT2D eigenvalue weighted by atomic mass is 10.0. The van der Waals surface area contributed by atoms with Crippen LogP contribution >= 0.6 is 0 Å². The summed E-state index contributed by atoms with van der Waals surface area (Å²) in [5.74, 6) is 0.157. The van der Waals surface area contributed by atoms with Crippen LogP contribution in [0.1, 0.15) is 52.9 Å². The van der Waals surface area contributed by atoms with E-state index in [2.05, 4.69) is 10.2 Å². The van der Waals surface area contributed by atoms with Crippen molar-refractivity contribution in [3.63, 3.8) is 0 Å². The van der Waals surface area contributed by atoms with Crippen LogP contribution in [0.5, 0.6) is 0 Å². The second-order valence-corrected chi connectivity index (χ2v) is 6.83. The highest BCUT2D eigenvalue weighted by molar-refractivity contribution is 5.78. The monoisotopic (exact) mass is 268 g/mol. The fraction of sp³-hybridized carbons (Fsp3) is 0.933. The van der Waals surface area contributed by atoms with E-state index < -0.39 is 0 Å². The predicted octanol–water partition coefficient (Wildman–Crippen LogP) is 1.93. The summed E-state index contributed by atoms with van der Waals surface area (Å²) in [4.78, 5) is 14.4. The molecule has 1 amide bonds. The second-order valence-electron chi connectivity index (χ2n) is 6.83. The van der Waals surface area contributed by atoms with Crippen LogP contribution in [0.15, 0.2) is 0 Å². The summed E-state index contributed by atoms with van der Waals surface area (Å²) >= 11 is 0. The van der Waals surface area contributed by atoms with Gasteiger partial charge in [-0.3, -0.25) is 4.79 Å². The van der Waals surface area contributed by atoms with E-state index in [-0.39, 0.29) is 18.1 Å². The highest BCUT2D eigenvalue weighted by atomic mass is 16.5. The van der Waals surface area contributed by atoms with E-state index >= 15 is 0 Å². The summed E-state index contributed by atoms with van der Waals surface area (Å²) in [5.41, 5.74) is -0.242. The largest absolute Gasteiger partial charge is 0.366 e. The third-order valence-electron chi connectivity index (χ3n) is 3.77. The topological polar surface area (TPSA) is 41.6 Å². The fourth-order valence-electron chi connectivity index (χ4n) is 2.52. The molecule has 19 heavy (non-hydrogen) atoms. The Bertz CT molecular complexity index is 302. The van der Waals surface area contributed by atoms with Gasteiger partial charge in [0, 0.05) is 18.6 Å². The molecule has 2 rings (SSSR count). The van der Waals surface area contributed by atoms with Crippen molar-refractivity contribution >= 4 is 5.91 Å². The summed E-state index contributed by atoms with van der Waals surface area (Å²) in [6, 6.07) is 0.952. The number of nitrogens with zero attached hydrogens (tertiary/aromatic N) is 1. The zero-order valence-electron chi connectivity index (χ0n) is 12.6. The molecule has 2 fully saturated rings. The van der Waals surface area contributed by atoms with Crippen molar-refractivity contribution in [1.82, 2.24) is 10.2 Å². The van der Waals surface area contributed by atoms with Crippen molar-refractivity contribution in [3.05, 3.63) is 0 Å². The quantitative estimate of drug-likeness (QED) is 0.828. The van der Waals surface area contributed by atoms with Crippen LogP contribution in [0.3, 0.4) is 0 Å². The second kappa shape index (κ2) is 6.23. The Hall–Kier alpha value is -0.610. The maximum absolute atomic E-state index is 12.3. The van der Waals surface area contributed by atoms with E-state index in [0.717, 1.165) is 25.9 Å². The van der Waals surface area contributed by atoms with Crippen LogP contribution in [-0.2, 0) is 9.53 Å². The van der Waals surface area contributed by atoms with Gasteiger partial charge in [-0.15, -0.1) is 0 Å². The average Bonchev–Trinajstić information content (AvgIpc) is 3.18. The van der Waals surface area contributed by atoms with Gasteiger partial charge in [-0.25, -0.2) is 0 Å². The smallest absolute Gasteiger partial charge is 0.248 e. The molecule has 110 valence electrons. The number of amides is 1. The molecule has 1 saturated heterocycles. The first-order valence-corrected chi connectivity index (χ1v) is 7.62. The lowest BCUT2D eigenvalue weighted by Crippen LogP contribution is -2.48. The van der Waals surface area contributed by atoms with Crippen molar-refractivity contribution in [2.75, 3.05) is 19.7 Å². The van der Waals surface area contributed by atoms with E-state index in [4.69, 9.17) is 4.74 Å². The highest BCUT2D eigenvalue weighted by Crippen LogP contribution is 2.28. The zero-order valence-corrected chi connectivity index (χ0v) is 12.6. The molecule has 1 aliphatic carbocycles. The molecule has 0 bridgehead atoms. The van der Waals surface area contributed by atoms with E-state index in [9.17, 15) is 4.79 Å². The first kappa shape index (κ1) is 14.8. The van der Waals surface area contributed by atoms with Crippen molar-refractivity contribution in [1.29, 1.82) is 0 Å². The molecule has 0 aromatic rings. The Labute approximate surface area is 116 Å². The number of carbonyl (C=O) groups excluding carboxylic acids is 1. The zero-order chi connectivity index (χ0) is 13.9.